The fourth-order valence-corrected chi connectivity index (χ4v) is 2.90. The summed E-state index contributed by atoms with van der Waals surface area (Å²) in [4.78, 5) is 13.1. The zero-order valence-corrected chi connectivity index (χ0v) is 18.6. The van der Waals surface area contributed by atoms with Gasteiger partial charge in [-0.2, -0.15) is 9.97 Å². The molecular weight excluding hydrogens is 364 g/mol. The Bertz CT molecular complexity index is 556. The molecule has 1 heterocycles. The molecule has 1 atom stereocenters. The lowest BCUT2D eigenvalue weighted by molar-refractivity contribution is 0.294. The van der Waals surface area contributed by atoms with Crippen LogP contribution in [0.4, 0.5) is 0 Å². The van der Waals surface area contributed by atoms with Crippen LogP contribution in [-0.4, -0.2) is 34.2 Å². The van der Waals surface area contributed by atoms with Gasteiger partial charge in [-0.3, -0.25) is 0 Å². The van der Waals surface area contributed by atoms with Crippen LogP contribution >= 0.6 is 0 Å². The molecule has 2 N–H and O–H groups in total. The van der Waals surface area contributed by atoms with Crippen molar-refractivity contribution in [2.24, 2.45) is 5.73 Å². The van der Waals surface area contributed by atoms with Gasteiger partial charge in [0.2, 0.25) is 0 Å². The monoisotopic (exact) mass is 404 g/mol. The van der Waals surface area contributed by atoms with E-state index in [9.17, 15) is 0 Å². The second kappa shape index (κ2) is 17.0. The minimum atomic E-state index is 0.317. The van der Waals surface area contributed by atoms with Crippen LogP contribution in [0, 0.1) is 0 Å². The van der Waals surface area contributed by atoms with Crippen molar-refractivity contribution in [3.05, 3.63) is 30.1 Å². The molecule has 164 valence electrons. The first-order valence-electron chi connectivity index (χ1n) is 11.2. The molecule has 0 aliphatic carbocycles. The molecular formula is C23H40N4O2. The van der Waals surface area contributed by atoms with Crippen LogP contribution in [0.25, 0.3) is 0 Å². The Morgan fingerprint density at radius 3 is 1.86 bits per heavy atom. The molecule has 1 rings (SSSR count). The summed E-state index contributed by atoms with van der Waals surface area (Å²) < 4.78 is 11.2. The van der Waals surface area contributed by atoms with Gasteiger partial charge >= 0.3 is 12.0 Å². The average Bonchev–Trinajstić information content (AvgIpc) is 2.71. The van der Waals surface area contributed by atoms with Crippen molar-refractivity contribution >= 4 is 0 Å². The quantitative estimate of drug-likeness (QED) is 0.284. The van der Waals surface area contributed by atoms with Gasteiger partial charge in [-0.25, -0.2) is 0 Å². The highest BCUT2D eigenvalue weighted by atomic mass is 16.5. The van der Waals surface area contributed by atoms with Gasteiger partial charge in [0.05, 0.1) is 0 Å². The van der Waals surface area contributed by atoms with Crippen LogP contribution in [0.15, 0.2) is 24.3 Å². The Kier molecular flexibility index (Phi) is 14.7. The Balaban J connectivity index is 2.41. The number of nitrogens with two attached hydrogens (primary N) is 1. The fraction of sp³-hybridized carbons (Fsp3) is 0.696. The summed E-state index contributed by atoms with van der Waals surface area (Å²) in [5.41, 5.74) is 6.23. The van der Waals surface area contributed by atoms with Crippen molar-refractivity contribution in [1.29, 1.82) is 0 Å². The van der Waals surface area contributed by atoms with E-state index in [1.54, 1.807) is 0 Å². The molecule has 1 unspecified atom stereocenters. The fourth-order valence-electron chi connectivity index (χ4n) is 2.90. The molecule has 0 fully saturated rings. The molecule has 0 radical (unpaired) electrons. The van der Waals surface area contributed by atoms with Gasteiger partial charge in [0.15, 0.2) is 0 Å². The Morgan fingerprint density at radius 1 is 0.793 bits per heavy atom. The third-order valence-corrected chi connectivity index (χ3v) is 4.63. The molecule has 0 aliphatic heterocycles. The van der Waals surface area contributed by atoms with Gasteiger partial charge in [0, 0.05) is 12.5 Å². The number of aryl methyl sites for hydroxylation is 1. The van der Waals surface area contributed by atoms with Gasteiger partial charge in [-0.05, 0) is 33.1 Å². The lowest BCUT2D eigenvalue weighted by Crippen LogP contribution is -2.19. The maximum atomic E-state index is 6.23. The van der Waals surface area contributed by atoms with E-state index in [4.69, 9.17) is 15.2 Å². The molecule has 6 nitrogen and oxygen atoms in total. The zero-order chi connectivity index (χ0) is 21.2. The highest BCUT2D eigenvalue weighted by molar-refractivity contribution is 5.06. The summed E-state index contributed by atoms with van der Waals surface area (Å²) >= 11 is 0. The smallest absolute Gasteiger partial charge is 0.323 e. The second-order valence-electron chi connectivity index (χ2n) is 7.29. The first kappa shape index (κ1) is 25.1. The first-order valence-corrected chi connectivity index (χ1v) is 11.2. The number of unbranched alkanes of at least 4 members (excludes halogenated alkanes) is 5. The van der Waals surface area contributed by atoms with Gasteiger partial charge in [-0.1, -0.05) is 69.8 Å². The van der Waals surface area contributed by atoms with Crippen molar-refractivity contribution in [1.82, 2.24) is 15.0 Å². The van der Waals surface area contributed by atoms with E-state index in [-0.39, 0.29) is 0 Å². The zero-order valence-electron chi connectivity index (χ0n) is 18.6. The highest BCUT2D eigenvalue weighted by Gasteiger charge is 2.09. The summed E-state index contributed by atoms with van der Waals surface area (Å²) in [6.45, 7) is 7.01. The maximum Gasteiger partial charge on any atom is 0.323 e. The SMILES string of the molecule is CC=CCOc1nc(CCCCCC(N)CCCCCC)nc(OCC=CC)n1. The van der Waals surface area contributed by atoms with E-state index >= 15 is 0 Å². The normalized spacial score (nSPS) is 12.7. The lowest BCUT2D eigenvalue weighted by Gasteiger charge is -2.11. The van der Waals surface area contributed by atoms with Crippen molar-refractivity contribution < 1.29 is 9.47 Å². The molecule has 0 bridgehead atoms. The van der Waals surface area contributed by atoms with Gasteiger partial charge in [0.1, 0.15) is 19.0 Å². The van der Waals surface area contributed by atoms with E-state index in [0.29, 0.717) is 31.3 Å². The van der Waals surface area contributed by atoms with Crippen molar-refractivity contribution in [3.63, 3.8) is 0 Å². The Labute approximate surface area is 177 Å². The van der Waals surface area contributed by atoms with Crippen LogP contribution < -0.4 is 15.2 Å². The average molecular weight is 405 g/mol. The van der Waals surface area contributed by atoms with E-state index in [0.717, 1.165) is 44.3 Å². The topological polar surface area (TPSA) is 83.2 Å². The standard InChI is InChI=1S/C23H40N4O2/c1-4-7-10-12-15-20(24)16-13-11-14-17-21-25-22(28-18-8-5-2)27-23(26-21)29-19-9-6-3/h5-6,8-9,20H,4,7,10-19,24H2,1-3H3. The molecule has 0 spiro atoms. The molecule has 29 heavy (non-hydrogen) atoms. The second-order valence-corrected chi connectivity index (χ2v) is 7.29. The predicted octanol–water partition coefficient (Wildman–Crippen LogP) is 5.18. The lowest BCUT2D eigenvalue weighted by atomic mass is 10.0. The molecule has 6 heteroatoms. The Hall–Kier alpha value is -1.95. The van der Waals surface area contributed by atoms with Crippen molar-refractivity contribution in [2.45, 2.75) is 91.0 Å². The maximum absolute atomic E-state index is 6.23. The van der Waals surface area contributed by atoms with Crippen LogP contribution in [-0.2, 0) is 6.42 Å². The number of nitrogens with zero attached hydrogens (tertiary/aromatic N) is 3. The Morgan fingerprint density at radius 2 is 1.34 bits per heavy atom. The molecule has 0 aromatic carbocycles. The van der Waals surface area contributed by atoms with Crippen LogP contribution in [0.1, 0.15) is 84.4 Å². The van der Waals surface area contributed by atoms with Crippen molar-refractivity contribution in [3.8, 4) is 12.0 Å². The summed E-state index contributed by atoms with van der Waals surface area (Å²) in [7, 11) is 0. The number of aromatic nitrogens is 3. The van der Waals surface area contributed by atoms with Crippen LogP contribution in [0.2, 0.25) is 0 Å². The van der Waals surface area contributed by atoms with Crippen LogP contribution in [0.5, 0.6) is 12.0 Å². The first-order chi connectivity index (χ1) is 14.2. The number of ether oxygens (including phenoxy) is 2. The molecule has 1 aromatic heterocycles. The minimum Gasteiger partial charge on any atom is -0.459 e. The van der Waals surface area contributed by atoms with E-state index in [1.807, 2.05) is 38.2 Å². The summed E-state index contributed by atoms with van der Waals surface area (Å²) in [5.74, 6) is 0.717. The van der Waals surface area contributed by atoms with Gasteiger partial charge in [-0.15, -0.1) is 4.98 Å². The molecule has 0 saturated carbocycles. The van der Waals surface area contributed by atoms with Gasteiger partial charge in [0.25, 0.3) is 0 Å². The van der Waals surface area contributed by atoms with E-state index in [1.165, 1.54) is 25.7 Å². The summed E-state index contributed by atoms with van der Waals surface area (Å²) in [6, 6.07) is 0.970. The van der Waals surface area contributed by atoms with E-state index in [2.05, 4.69) is 21.9 Å². The summed E-state index contributed by atoms with van der Waals surface area (Å²) in [6.07, 6.45) is 19.2. The van der Waals surface area contributed by atoms with Crippen molar-refractivity contribution in [2.75, 3.05) is 13.2 Å². The van der Waals surface area contributed by atoms with Gasteiger partial charge < -0.3 is 15.2 Å². The minimum absolute atomic E-state index is 0.317. The summed E-state index contributed by atoms with van der Waals surface area (Å²) in [5, 5.41) is 0. The molecule has 0 aliphatic rings. The van der Waals surface area contributed by atoms with Crippen LogP contribution in [0.3, 0.4) is 0 Å². The van der Waals surface area contributed by atoms with E-state index < -0.39 is 0 Å². The molecule has 1 aromatic rings. The number of hydrogen-bond donors (Lipinski definition) is 1. The molecule has 0 saturated heterocycles. The third-order valence-electron chi connectivity index (χ3n) is 4.63. The predicted molar refractivity (Wildman–Crippen MR) is 119 cm³/mol. The largest absolute Gasteiger partial charge is 0.459 e. The number of allylic oxidation sites excluding steroid dienone is 2. The third kappa shape index (κ3) is 13.0. The molecule has 0 amide bonds. The highest BCUT2D eigenvalue weighted by Crippen LogP contribution is 2.14. The number of hydrogen-bond acceptors (Lipinski definition) is 6. The number of rotatable bonds is 17.